The SMILES string of the molecule is CCNC(=NCCCCN1CCN(C)CC1)NCCc1ccc(F)cc1.I. The summed E-state index contributed by atoms with van der Waals surface area (Å²) in [5, 5.41) is 6.64. The van der Waals surface area contributed by atoms with E-state index >= 15 is 0 Å². The van der Waals surface area contributed by atoms with Crippen LogP contribution in [0.25, 0.3) is 0 Å². The highest BCUT2D eigenvalue weighted by molar-refractivity contribution is 14.0. The molecule has 1 aromatic carbocycles. The van der Waals surface area contributed by atoms with Gasteiger partial charge < -0.3 is 20.4 Å². The Hall–Kier alpha value is -0.930. The van der Waals surface area contributed by atoms with Gasteiger partial charge in [-0.2, -0.15) is 0 Å². The first kappa shape index (κ1) is 24.1. The highest BCUT2D eigenvalue weighted by Crippen LogP contribution is 2.03. The first-order valence-corrected chi connectivity index (χ1v) is 9.85. The molecule has 0 bridgehead atoms. The van der Waals surface area contributed by atoms with Crippen LogP contribution in [0.2, 0.25) is 0 Å². The fourth-order valence-electron chi connectivity index (χ4n) is 3.03. The average molecular weight is 491 g/mol. The van der Waals surface area contributed by atoms with E-state index < -0.39 is 0 Å². The van der Waals surface area contributed by atoms with Crippen molar-refractivity contribution in [3.8, 4) is 0 Å². The monoisotopic (exact) mass is 491 g/mol. The number of guanidine groups is 1. The summed E-state index contributed by atoms with van der Waals surface area (Å²) >= 11 is 0. The van der Waals surface area contributed by atoms with Gasteiger partial charge in [0.2, 0.25) is 0 Å². The van der Waals surface area contributed by atoms with Crippen LogP contribution in [0.15, 0.2) is 29.3 Å². The van der Waals surface area contributed by atoms with Gasteiger partial charge >= 0.3 is 0 Å². The van der Waals surface area contributed by atoms with Crippen LogP contribution in [0.1, 0.15) is 25.3 Å². The maximum atomic E-state index is 12.9. The highest BCUT2D eigenvalue weighted by Gasteiger charge is 2.12. The maximum Gasteiger partial charge on any atom is 0.191 e. The molecule has 0 amide bonds. The van der Waals surface area contributed by atoms with Gasteiger partial charge in [-0.1, -0.05) is 12.1 Å². The van der Waals surface area contributed by atoms with Gasteiger partial charge in [-0.3, -0.25) is 4.99 Å². The third kappa shape index (κ3) is 10.3. The predicted molar refractivity (Wildman–Crippen MR) is 123 cm³/mol. The van der Waals surface area contributed by atoms with Gasteiger partial charge in [0.15, 0.2) is 5.96 Å². The highest BCUT2D eigenvalue weighted by atomic mass is 127. The number of piperazine rings is 1. The third-order valence-electron chi connectivity index (χ3n) is 4.71. The van der Waals surface area contributed by atoms with Gasteiger partial charge in [0.1, 0.15) is 5.82 Å². The van der Waals surface area contributed by atoms with Crippen LogP contribution in [-0.4, -0.2) is 75.2 Å². The standard InChI is InChI=1S/C20H34FN5.HI/c1-3-22-20(24-12-10-18-6-8-19(21)9-7-18)23-11-4-5-13-26-16-14-25(2)15-17-26;/h6-9H,3-5,10-17H2,1-2H3,(H2,22,23,24);1H. The Morgan fingerprint density at radius 1 is 1.07 bits per heavy atom. The molecule has 7 heteroatoms. The number of unbranched alkanes of at least 4 members (excludes halogenated alkanes) is 1. The normalized spacial score (nSPS) is 16.0. The first-order chi connectivity index (χ1) is 12.7. The molecule has 2 rings (SSSR count). The largest absolute Gasteiger partial charge is 0.357 e. The molecule has 1 aliphatic heterocycles. The summed E-state index contributed by atoms with van der Waals surface area (Å²) in [6.45, 7) is 10.5. The number of hydrogen-bond acceptors (Lipinski definition) is 3. The lowest BCUT2D eigenvalue weighted by Gasteiger charge is -2.32. The van der Waals surface area contributed by atoms with Crippen LogP contribution < -0.4 is 10.6 Å². The molecule has 1 aromatic rings. The average Bonchev–Trinajstić information content (AvgIpc) is 2.64. The van der Waals surface area contributed by atoms with Gasteiger partial charge in [0.05, 0.1) is 0 Å². The molecule has 0 spiro atoms. The zero-order valence-electron chi connectivity index (χ0n) is 16.7. The van der Waals surface area contributed by atoms with Crippen LogP contribution in [0.3, 0.4) is 0 Å². The second kappa shape index (κ2) is 14.1. The van der Waals surface area contributed by atoms with E-state index in [-0.39, 0.29) is 29.8 Å². The maximum absolute atomic E-state index is 12.9. The van der Waals surface area contributed by atoms with Gasteiger partial charge in [-0.25, -0.2) is 4.39 Å². The van der Waals surface area contributed by atoms with E-state index in [4.69, 9.17) is 0 Å². The molecule has 154 valence electrons. The second-order valence-corrected chi connectivity index (χ2v) is 6.92. The molecule has 0 radical (unpaired) electrons. The molecular formula is C20H35FIN5. The van der Waals surface area contributed by atoms with Gasteiger partial charge in [-0.15, -0.1) is 24.0 Å². The van der Waals surface area contributed by atoms with E-state index in [9.17, 15) is 4.39 Å². The summed E-state index contributed by atoms with van der Waals surface area (Å²) in [5.74, 6) is 0.683. The van der Waals surface area contributed by atoms with Crippen molar-refractivity contribution in [3.05, 3.63) is 35.6 Å². The predicted octanol–water partition coefficient (Wildman–Crippen LogP) is 2.57. The Labute approximate surface area is 180 Å². The Kier molecular flexibility index (Phi) is 12.6. The third-order valence-corrected chi connectivity index (χ3v) is 4.71. The number of aliphatic imine (C=N–C) groups is 1. The van der Waals surface area contributed by atoms with Crippen molar-refractivity contribution < 1.29 is 4.39 Å². The Morgan fingerprint density at radius 2 is 1.78 bits per heavy atom. The van der Waals surface area contributed by atoms with Gasteiger partial charge in [0, 0.05) is 45.8 Å². The van der Waals surface area contributed by atoms with Crippen molar-refractivity contribution in [2.75, 3.05) is 59.4 Å². The molecule has 0 unspecified atom stereocenters. The fourth-order valence-corrected chi connectivity index (χ4v) is 3.03. The number of nitrogens with one attached hydrogen (secondary N) is 2. The van der Waals surface area contributed by atoms with Crippen molar-refractivity contribution in [2.24, 2.45) is 4.99 Å². The minimum atomic E-state index is -0.187. The lowest BCUT2D eigenvalue weighted by Crippen LogP contribution is -2.44. The number of rotatable bonds is 9. The molecule has 0 atom stereocenters. The van der Waals surface area contributed by atoms with Gasteiger partial charge in [-0.05, 0) is 57.5 Å². The summed E-state index contributed by atoms with van der Waals surface area (Å²) in [6, 6.07) is 6.68. The second-order valence-electron chi connectivity index (χ2n) is 6.92. The van der Waals surface area contributed by atoms with E-state index in [2.05, 4.69) is 39.4 Å². The lowest BCUT2D eigenvalue weighted by molar-refractivity contribution is 0.152. The number of likely N-dealkylation sites (N-methyl/N-ethyl adjacent to an activating group) is 1. The minimum absolute atomic E-state index is 0. The number of hydrogen-bond donors (Lipinski definition) is 2. The van der Waals surface area contributed by atoms with Crippen molar-refractivity contribution in [1.82, 2.24) is 20.4 Å². The smallest absolute Gasteiger partial charge is 0.191 e. The Morgan fingerprint density at radius 3 is 2.44 bits per heavy atom. The number of halogens is 2. The van der Waals surface area contributed by atoms with E-state index in [0.29, 0.717) is 0 Å². The van der Waals surface area contributed by atoms with Crippen molar-refractivity contribution in [2.45, 2.75) is 26.2 Å². The summed E-state index contributed by atoms with van der Waals surface area (Å²) in [4.78, 5) is 9.60. The summed E-state index contributed by atoms with van der Waals surface area (Å²) in [7, 11) is 2.19. The molecule has 1 saturated heterocycles. The van der Waals surface area contributed by atoms with Crippen molar-refractivity contribution >= 4 is 29.9 Å². The molecule has 0 saturated carbocycles. The summed E-state index contributed by atoms with van der Waals surface area (Å²) in [6.07, 6.45) is 3.16. The van der Waals surface area contributed by atoms with E-state index in [1.165, 1.54) is 51.3 Å². The van der Waals surface area contributed by atoms with E-state index in [1.807, 2.05) is 12.1 Å². The van der Waals surface area contributed by atoms with E-state index in [0.717, 1.165) is 44.0 Å². The molecule has 1 aliphatic rings. The molecule has 0 aromatic heterocycles. The van der Waals surface area contributed by atoms with Crippen molar-refractivity contribution in [1.29, 1.82) is 0 Å². The fraction of sp³-hybridized carbons (Fsp3) is 0.650. The van der Waals surface area contributed by atoms with Crippen molar-refractivity contribution in [3.63, 3.8) is 0 Å². The quantitative estimate of drug-likeness (QED) is 0.241. The lowest BCUT2D eigenvalue weighted by atomic mass is 10.1. The first-order valence-electron chi connectivity index (χ1n) is 9.85. The zero-order valence-corrected chi connectivity index (χ0v) is 19.0. The topological polar surface area (TPSA) is 42.9 Å². The Balaban J connectivity index is 0.00000364. The molecule has 5 nitrogen and oxygen atoms in total. The van der Waals surface area contributed by atoms with Crippen LogP contribution in [-0.2, 0) is 6.42 Å². The number of nitrogens with zero attached hydrogens (tertiary/aromatic N) is 3. The number of benzene rings is 1. The molecule has 2 N–H and O–H groups in total. The van der Waals surface area contributed by atoms with Crippen LogP contribution in [0.5, 0.6) is 0 Å². The molecule has 1 fully saturated rings. The van der Waals surface area contributed by atoms with Crippen LogP contribution in [0.4, 0.5) is 4.39 Å². The summed E-state index contributed by atoms with van der Waals surface area (Å²) in [5.41, 5.74) is 1.13. The Bertz CT molecular complexity index is 530. The molecule has 1 heterocycles. The van der Waals surface area contributed by atoms with Crippen LogP contribution in [0, 0.1) is 5.82 Å². The summed E-state index contributed by atoms with van der Waals surface area (Å²) < 4.78 is 12.9. The molecule has 0 aliphatic carbocycles. The minimum Gasteiger partial charge on any atom is -0.357 e. The molecule has 27 heavy (non-hydrogen) atoms. The molecular weight excluding hydrogens is 456 g/mol. The zero-order chi connectivity index (χ0) is 18.6. The van der Waals surface area contributed by atoms with Gasteiger partial charge in [0.25, 0.3) is 0 Å². The van der Waals surface area contributed by atoms with Crippen LogP contribution >= 0.6 is 24.0 Å². The van der Waals surface area contributed by atoms with E-state index in [1.54, 1.807) is 0 Å².